The van der Waals surface area contributed by atoms with Gasteiger partial charge in [0.1, 0.15) is 12.4 Å². The van der Waals surface area contributed by atoms with Gasteiger partial charge in [-0.2, -0.15) is 0 Å². The second-order valence-electron chi connectivity index (χ2n) is 4.19. The highest BCUT2D eigenvalue weighted by molar-refractivity contribution is 5.89. The molecule has 0 aliphatic rings. The van der Waals surface area contributed by atoms with E-state index in [2.05, 4.69) is 5.32 Å². The van der Waals surface area contributed by atoms with E-state index < -0.39 is 12.1 Å². The standard InChI is InChI=1S/C16H15NO4/c1-17-16(19)21-14-10-6-5-9-13(14)11-20-15(18)12-7-3-2-4-8-12/h2-10H,11H2,1H3,(H,17,19). The number of carbonyl (C=O) groups excluding carboxylic acids is 2. The Balaban J connectivity index is 2.03. The average Bonchev–Trinajstić information content (AvgIpc) is 2.54. The molecule has 0 bridgehead atoms. The molecule has 0 heterocycles. The minimum Gasteiger partial charge on any atom is -0.457 e. The molecular formula is C16H15NO4. The van der Waals surface area contributed by atoms with Crippen molar-refractivity contribution in [2.75, 3.05) is 7.05 Å². The van der Waals surface area contributed by atoms with Gasteiger partial charge in [0.2, 0.25) is 0 Å². The Labute approximate surface area is 122 Å². The van der Waals surface area contributed by atoms with Crippen molar-refractivity contribution in [1.29, 1.82) is 0 Å². The van der Waals surface area contributed by atoms with E-state index in [9.17, 15) is 9.59 Å². The topological polar surface area (TPSA) is 64.6 Å². The van der Waals surface area contributed by atoms with Crippen molar-refractivity contribution in [3.63, 3.8) is 0 Å². The van der Waals surface area contributed by atoms with Crippen LogP contribution in [0, 0.1) is 0 Å². The van der Waals surface area contributed by atoms with Gasteiger partial charge in [-0.3, -0.25) is 0 Å². The largest absolute Gasteiger partial charge is 0.457 e. The van der Waals surface area contributed by atoms with Gasteiger partial charge in [0.05, 0.1) is 5.56 Å². The summed E-state index contributed by atoms with van der Waals surface area (Å²) in [6, 6.07) is 15.6. The first-order valence-electron chi connectivity index (χ1n) is 6.40. The molecule has 5 nitrogen and oxygen atoms in total. The van der Waals surface area contributed by atoms with Gasteiger partial charge in [0.15, 0.2) is 0 Å². The van der Waals surface area contributed by atoms with Crippen molar-refractivity contribution in [3.8, 4) is 5.75 Å². The molecule has 1 N–H and O–H groups in total. The maximum Gasteiger partial charge on any atom is 0.412 e. The molecule has 0 radical (unpaired) electrons. The van der Waals surface area contributed by atoms with Crippen LogP contribution in [0.5, 0.6) is 5.75 Å². The highest BCUT2D eigenvalue weighted by Gasteiger charge is 2.11. The van der Waals surface area contributed by atoms with Crippen LogP contribution in [0.2, 0.25) is 0 Å². The fourth-order valence-corrected chi connectivity index (χ4v) is 1.67. The zero-order valence-corrected chi connectivity index (χ0v) is 11.5. The number of ether oxygens (including phenoxy) is 2. The van der Waals surface area contributed by atoms with Crippen LogP contribution >= 0.6 is 0 Å². The van der Waals surface area contributed by atoms with E-state index in [0.29, 0.717) is 16.9 Å². The van der Waals surface area contributed by atoms with Gasteiger partial charge < -0.3 is 14.8 Å². The molecule has 0 saturated heterocycles. The normalized spacial score (nSPS) is 9.76. The van der Waals surface area contributed by atoms with Crippen LogP contribution in [-0.4, -0.2) is 19.1 Å². The fraction of sp³-hybridized carbons (Fsp3) is 0.125. The van der Waals surface area contributed by atoms with Crippen molar-refractivity contribution in [3.05, 3.63) is 65.7 Å². The number of rotatable bonds is 4. The van der Waals surface area contributed by atoms with E-state index in [4.69, 9.17) is 9.47 Å². The van der Waals surface area contributed by atoms with E-state index in [1.807, 2.05) is 6.07 Å². The van der Waals surface area contributed by atoms with E-state index in [1.165, 1.54) is 7.05 Å². The van der Waals surface area contributed by atoms with Gasteiger partial charge in [-0.05, 0) is 18.2 Å². The van der Waals surface area contributed by atoms with Gasteiger partial charge >= 0.3 is 12.1 Å². The lowest BCUT2D eigenvalue weighted by atomic mass is 10.2. The first-order chi connectivity index (χ1) is 10.2. The molecule has 0 aromatic heterocycles. The average molecular weight is 285 g/mol. The SMILES string of the molecule is CNC(=O)Oc1ccccc1COC(=O)c1ccccc1. The van der Waals surface area contributed by atoms with Crippen LogP contribution in [0.15, 0.2) is 54.6 Å². The summed E-state index contributed by atoms with van der Waals surface area (Å²) in [6.07, 6.45) is -0.572. The van der Waals surface area contributed by atoms with E-state index in [-0.39, 0.29) is 6.61 Å². The zero-order valence-electron chi connectivity index (χ0n) is 11.5. The second-order valence-corrected chi connectivity index (χ2v) is 4.19. The molecular weight excluding hydrogens is 270 g/mol. The van der Waals surface area contributed by atoms with Crippen molar-refractivity contribution < 1.29 is 19.1 Å². The minimum absolute atomic E-state index is 0.0287. The molecule has 0 saturated carbocycles. The lowest BCUT2D eigenvalue weighted by molar-refractivity contribution is 0.0471. The molecule has 108 valence electrons. The summed E-state index contributed by atoms with van der Waals surface area (Å²) in [4.78, 5) is 23.1. The Morgan fingerprint density at radius 1 is 1.00 bits per heavy atom. The van der Waals surface area contributed by atoms with Crippen molar-refractivity contribution in [2.24, 2.45) is 0 Å². The van der Waals surface area contributed by atoms with Crippen molar-refractivity contribution in [2.45, 2.75) is 6.61 Å². The third-order valence-corrected chi connectivity index (χ3v) is 2.75. The molecule has 0 aliphatic heterocycles. The van der Waals surface area contributed by atoms with Crippen LogP contribution in [0.3, 0.4) is 0 Å². The molecule has 0 spiro atoms. The molecule has 2 aromatic carbocycles. The molecule has 0 fully saturated rings. The molecule has 21 heavy (non-hydrogen) atoms. The van der Waals surface area contributed by atoms with Crippen LogP contribution in [-0.2, 0) is 11.3 Å². The lowest BCUT2D eigenvalue weighted by Gasteiger charge is -2.10. The van der Waals surface area contributed by atoms with E-state index in [1.54, 1.807) is 48.5 Å². The van der Waals surface area contributed by atoms with Gasteiger partial charge in [-0.25, -0.2) is 9.59 Å². The number of carbonyl (C=O) groups is 2. The minimum atomic E-state index is -0.572. The van der Waals surface area contributed by atoms with Gasteiger partial charge in [-0.1, -0.05) is 36.4 Å². The van der Waals surface area contributed by atoms with Crippen molar-refractivity contribution >= 4 is 12.1 Å². The third kappa shape index (κ3) is 4.07. The van der Waals surface area contributed by atoms with Gasteiger partial charge in [0, 0.05) is 12.6 Å². The maximum absolute atomic E-state index is 11.9. The number of para-hydroxylation sites is 1. The summed E-state index contributed by atoms with van der Waals surface area (Å²) in [7, 11) is 1.47. The molecule has 0 aliphatic carbocycles. The number of nitrogens with one attached hydrogen (secondary N) is 1. The predicted octanol–water partition coefficient (Wildman–Crippen LogP) is 2.76. The quantitative estimate of drug-likeness (QED) is 0.877. The first-order valence-corrected chi connectivity index (χ1v) is 6.40. The molecule has 0 atom stereocenters. The van der Waals surface area contributed by atoms with Crippen LogP contribution in [0.4, 0.5) is 4.79 Å². The fourth-order valence-electron chi connectivity index (χ4n) is 1.67. The Bertz CT molecular complexity index is 625. The Morgan fingerprint density at radius 2 is 1.67 bits per heavy atom. The summed E-state index contributed by atoms with van der Waals surface area (Å²) in [6.45, 7) is 0.0287. The number of hydrogen-bond donors (Lipinski definition) is 1. The summed E-state index contributed by atoms with van der Waals surface area (Å²) >= 11 is 0. The first kappa shape index (κ1) is 14.6. The van der Waals surface area contributed by atoms with E-state index >= 15 is 0 Å². The predicted molar refractivity (Wildman–Crippen MR) is 77.1 cm³/mol. The van der Waals surface area contributed by atoms with Crippen LogP contribution < -0.4 is 10.1 Å². The number of esters is 1. The van der Waals surface area contributed by atoms with Crippen molar-refractivity contribution in [1.82, 2.24) is 5.32 Å². The summed E-state index contributed by atoms with van der Waals surface area (Å²) in [5.74, 6) is -0.0666. The summed E-state index contributed by atoms with van der Waals surface area (Å²) in [5.41, 5.74) is 1.09. The third-order valence-electron chi connectivity index (χ3n) is 2.75. The summed E-state index contributed by atoms with van der Waals surface area (Å²) < 4.78 is 10.3. The number of amides is 1. The Morgan fingerprint density at radius 3 is 2.38 bits per heavy atom. The Hall–Kier alpha value is -2.82. The van der Waals surface area contributed by atoms with E-state index in [0.717, 1.165) is 0 Å². The highest BCUT2D eigenvalue weighted by Crippen LogP contribution is 2.19. The number of hydrogen-bond acceptors (Lipinski definition) is 4. The molecule has 2 aromatic rings. The zero-order chi connectivity index (χ0) is 15.1. The van der Waals surface area contributed by atoms with Crippen LogP contribution in [0.1, 0.15) is 15.9 Å². The monoisotopic (exact) mass is 285 g/mol. The van der Waals surface area contributed by atoms with Crippen LogP contribution in [0.25, 0.3) is 0 Å². The highest BCUT2D eigenvalue weighted by atomic mass is 16.6. The second kappa shape index (κ2) is 7.09. The Kier molecular flexibility index (Phi) is 4.93. The smallest absolute Gasteiger partial charge is 0.412 e. The molecule has 2 rings (SSSR count). The van der Waals surface area contributed by atoms with Gasteiger partial charge in [-0.15, -0.1) is 0 Å². The maximum atomic E-state index is 11.9. The molecule has 0 unspecified atom stereocenters. The lowest BCUT2D eigenvalue weighted by Crippen LogP contribution is -2.22. The molecule has 1 amide bonds. The summed E-state index contributed by atoms with van der Waals surface area (Å²) in [5, 5.41) is 2.36. The van der Waals surface area contributed by atoms with Gasteiger partial charge in [0.25, 0.3) is 0 Å². The number of benzene rings is 2. The molecule has 5 heteroatoms.